The minimum absolute atomic E-state index is 0.799. The van der Waals surface area contributed by atoms with E-state index in [4.69, 9.17) is 5.73 Å². The Morgan fingerprint density at radius 3 is 2.00 bits per heavy atom. The lowest BCUT2D eigenvalue weighted by atomic mass is 9.80. The van der Waals surface area contributed by atoms with E-state index in [2.05, 4.69) is 27.7 Å². The highest BCUT2D eigenvalue weighted by atomic mass is 14.5. The SMILES string of the molecule is CCCC(CCN)C(C)C(C)C. The van der Waals surface area contributed by atoms with Gasteiger partial charge < -0.3 is 5.73 Å². The average molecular weight is 171 g/mol. The van der Waals surface area contributed by atoms with Gasteiger partial charge >= 0.3 is 0 Å². The predicted octanol–water partition coefficient (Wildman–Crippen LogP) is 3.04. The normalized spacial score (nSPS) is 16.5. The van der Waals surface area contributed by atoms with Crippen LogP contribution in [0.1, 0.15) is 47.0 Å². The third-order valence-corrected chi connectivity index (χ3v) is 2.99. The molecule has 2 atom stereocenters. The molecule has 2 N–H and O–H groups in total. The maximum absolute atomic E-state index is 5.60. The molecule has 0 rings (SSSR count). The van der Waals surface area contributed by atoms with Crippen molar-refractivity contribution in [2.45, 2.75) is 47.0 Å². The zero-order chi connectivity index (χ0) is 9.56. The topological polar surface area (TPSA) is 26.0 Å². The van der Waals surface area contributed by atoms with E-state index in [0.717, 1.165) is 24.3 Å². The fourth-order valence-electron chi connectivity index (χ4n) is 1.80. The van der Waals surface area contributed by atoms with E-state index in [1.54, 1.807) is 0 Å². The summed E-state index contributed by atoms with van der Waals surface area (Å²) in [5.41, 5.74) is 5.60. The summed E-state index contributed by atoms with van der Waals surface area (Å²) in [5, 5.41) is 0. The van der Waals surface area contributed by atoms with Gasteiger partial charge in [0.15, 0.2) is 0 Å². The van der Waals surface area contributed by atoms with Crippen LogP contribution < -0.4 is 5.73 Å². The summed E-state index contributed by atoms with van der Waals surface area (Å²) < 4.78 is 0. The molecule has 0 aromatic carbocycles. The van der Waals surface area contributed by atoms with Crippen LogP contribution in [0.2, 0.25) is 0 Å². The molecule has 74 valence electrons. The Morgan fingerprint density at radius 2 is 1.67 bits per heavy atom. The highest BCUT2D eigenvalue weighted by Crippen LogP contribution is 2.26. The molecule has 0 bridgehead atoms. The van der Waals surface area contributed by atoms with Crippen molar-refractivity contribution in [3.8, 4) is 0 Å². The molecule has 0 radical (unpaired) electrons. The van der Waals surface area contributed by atoms with Gasteiger partial charge in [-0.15, -0.1) is 0 Å². The molecule has 0 aromatic rings. The monoisotopic (exact) mass is 171 g/mol. The van der Waals surface area contributed by atoms with Crippen LogP contribution >= 0.6 is 0 Å². The van der Waals surface area contributed by atoms with Crippen molar-refractivity contribution in [1.82, 2.24) is 0 Å². The molecule has 1 nitrogen and oxygen atoms in total. The fraction of sp³-hybridized carbons (Fsp3) is 1.00. The number of rotatable bonds is 6. The van der Waals surface area contributed by atoms with Gasteiger partial charge in [-0.3, -0.25) is 0 Å². The first-order chi connectivity index (χ1) is 5.63. The summed E-state index contributed by atoms with van der Waals surface area (Å²) in [6.45, 7) is 10.1. The van der Waals surface area contributed by atoms with E-state index in [9.17, 15) is 0 Å². The second-order valence-corrected chi connectivity index (χ2v) is 4.23. The standard InChI is InChI=1S/C11H25N/c1-5-6-11(7-8-12)10(4)9(2)3/h9-11H,5-8,12H2,1-4H3. The number of hydrogen-bond donors (Lipinski definition) is 1. The molecular weight excluding hydrogens is 146 g/mol. The Hall–Kier alpha value is -0.0400. The van der Waals surface area contributed by atoms with E-state index in [1.165, 1.54) is 19.3 Å². The molecule has 0 aliphatic heterocycles. The summed E-state index contributed by atoms with van der Waals surface area (Å²) in [7, 11) is 0. The first kappa shape index (κ1) is 12.0. The Morgan fingerprint density at radius 1 is 1.08 bits per heavy atom. The number of nitrogens with two attached hydrogens (primary N) is 1. The van der Waals surface area contributed by atoms with Gasteiger partial charge in [-0.2, -0.15) is 0 Å². The van der Waals surface area contributed by atoms with Crippen molar-refractivity contribution >= 4 is 0 Å². The molecule has 0 aliphatic carbocycles. The van der Waals surface area contributed by atoms with Crippen molar-refractivity contribution in [2.75, 3.05) is 6.54 Å². The quantitative estimate of drug-likeness (QED) is 0.653. The second kappa shape index (κ2) is 6.47. The van der Waals surface area contributed by atoms with E-state index in [-0.39, 0.29) is 0 Å². The Kier molecular flexibility index (Phi) is 6.45. The lowest BCUT2D eigenvalue weighted by molar-refractivity contribution is 0.249. The van der Waals surface area contributed by atoms with Gasteiger partial charge in [0.1, 0.15) is 0 Å². The minimum atomic E-state index is 0.799. The van der Waals surface area contributed by atoms with Gasteiger partial charge in [0.25, 0.3) is 0 Å². The zero-order valence-electron chi connectivity index (χ0n) is 9.14. The maximum atomic E-state index is 5.60. The first-order valence-corrected chi connectivity index (χ1v) is 5.33. The fourth-order valence-corrected chi connectivity index (χ4v) is 1.80. The summed E-state index contributed by atoms with van der Waals surface area (Å²) in [4.78, 5) is 0. The van der Waals surface area contributed by atoms with Crippen molar-refractivity contribution in [3.63, 3.8) is 0 Å². The van der Waals surface area contributed by atoms with Gasteiger partial charge in [-0.25, -0.2) is 0 Å². The minimum Gasteiger partial charge on any atom is -0.330 e. The van der Waals surface area contributed by atoms with E-state index >= 15 is 0 Å². The molecule has 0 aromatic heterocycles. The molecule has 0 spiro atoms. The molecule has 1 heteroatoms. The van der Waals surface area contributed by atoms with Crippen molar-refractivity contribution in [3.05, 3.63) is 0 Å². The van der Waals surface area contributed by atoms with Crippen LogP contribution in [0.25, 0.3) is 0 Å². The molecule has 0 amide bonds. The van der Waals surface area contributed by atoms with E-state index < -0.39 is 0 Å². The second-order valence-electron chi connectivity index (χ2n) is 4.23. The lowest BCUT2D eigenvalue weighted by Crippen LogP contribution is -2.20. The summed E-state index contributed by atoms with van der Waals surface area (Å²) in [6.07, 6.45) is 3.84. The average Bonchev–Trinajstić information content (AvgIpc) is 2.03. The van der Waals surface area contributed by atoms with Gasteiger partial charge in [-0.05, 0) is 30.7 Å². The van der Waals surface area contributed by atoms with Crippen LogP contribution in [-0.4, -0.2) is 6.54 Å². The van der Waals surface area contributed by atoms with Crippen LogP contribution in [0.5, 0.6) is 0 Å². The smallest absolute Gasteiger partial charge is 0.00745 e. The highest BCUT2D eigenvalue weighted by molar-refractivity contribution is 4.69. The van der Waals surface area contributed by atoms with E-state index in [0.29, 0.717) is 0 Å². The van der Waals surface area contributed by atoms with Gasteiger partial charge in [-0.1, -0.05) is 40.5 Å². The van der Waals surface area contributed by atoms with Gasteiger partial charge in [0, 0.05) is 0 Å². The van der Waals surface area contributed by atoms with Gasteiger partial charge in [0.05, 0.1) is 0 Å². The zero-order valence-corrected chi connectivity index (χ0v) is 9.14. The Labute approximate surface area is 77.7 Å². The lowest BCUT2D eigenvalue weighted by Gasteiger charge is -2.26. The first-order valence-electron chi connectivity index (χ1n) is 5.33. The van der Waals surface area contributed by atoms with Crippen LogP contribution in [0.3, 0.4) is 0 Å². The molecule has 0 heterocycles. The third kappa shape index (κ3) is 4.10. The van der Waals surface area contributed by atoms with Crippen molar-refractivity contribution < 1.29 is 0 Å². The Bertz CT molecular complexity index is 93.2. The van der Waals surface area contributed by atoms with Crippen LogP contribution in [0.15, 0.2) is 0 Å². The highest BCUT2D eigenvalue weighted by Gasteiger charge is 2.18. The summed E-state index contributed by atoms with van der Waals surface area (Å²) in [6, 6.07) is 0. The maximum Gasteiger partial charge on any atom is -0.00745 e. The van der Waals surface area contributed by atoms with E-state index in [1.807, 2.05) is 0 Å². The van der Waals surface area contributed by atoms with Crippen LogP contribution in [-0.2, 0) is 0 Å². The van der Waals surface area contributed by atoms with Crippen LogP contribution in [0.4, 0.5) is 0 Å². The molecule has 0 saturated carbocycles. The van der Waals surface area contributed by atoms with Crippen LogP contribution in [0, 0.1) is 17.8 Å². The molecule has 0 saturated heterocycles. The molecular formula is C11H25N. The Balaban J connectivity index is 3.89. The largest absolute Gasteiger partial charge is 0.330 e. The number of hydrogen-bond acceptors (Lipinski definition) is 1. The van der Waals surface area contributed by atoms with Crippen molar-refractivity contribution in [2.24, 2.45) is 23.5 Å². The summed E-state index contributed by atoms with van der Waals surface area (Å²) in [5.74, 6) is 2.47. The third-order valence-electron chi connectivity index (χ3n) is 2.99. The molecule has 0 aliphatic rings. The molecule has 2 unspecified atom stereocenters. The molecule has 0 fully saturated rings. The van der Waals surface area contributed by atoms with Gasteiger partial charge in [0.2, 0.25) is 0 Å². The van der Waals surface area contributed by atoms with Crippen molar-refractivity contribution in [1.29, 1.82) is 0 Å². The predicted molar refractivity (Wildman–Crippen MR) is 56.1 cm³/mol. The molecule has 12 heavy (non-hydrogen) atoms. The summed E-state index contributed by atoms with van der Waals surface area (Å²) >= 11 is 0.